The van der Waals surface area contributed by atoms with Gasteiger partial charge in [0.15, 0.2) is 6.10 Å². The van der Waals surface area contributed by atoms with Gasteiger partial charge >= 0.3 is 17.9 Å². The van der Waals surface area contributed by atoms with Gasteiger partial charge in [-0.3, -0.25) is 0 Å². The Balaban J connectivity index is 2.93. The lowest BCUT2D eigenvalue weighted by Gasteiger charge is -2.29. The molecule has 14 heavy (non-hydrogen) atoms. The molecule has 0 radical (unpaired) electrons. The molecule has 0 spiro atoms. The molecule has 1 rings (SSSR count). The second-order valence-corrected chi connectivity index (χ2v) is 2.75. The van der Waals surface area contributed by atoms with Crippen molar-refractivity contribution < 1.29 is 29.3 Å². The average Bonchev–Trinajstić information content (AvgIpc) is 2.08. The van der Waals surface area contributed by atoms with Gasteiger partial charge in [-0.1, -0.05) is 6.92 Å². The first kappa shape index (κ1) is 10.7. The summed E-state index contributed by atoms with van der Waals surface area (Å²) in [5.41, 5.74) is 0. The van der Waals surface area contributed by atoms with Gasteiger partial charge in [0.2, 0.25) is 0 Å². The van der Waals surface area contributed by atoms with Gasteiger partial charge in [-0.05, 0) is 6.42 Å². The molecule has 0 saturated heterocycles. The summed E-state index contributed by atoms with van der Waals surface area (Å²) in [4.78, 5) is 21.7. The molecule has 78 valence electrons. The van der Waals surface area contributed by atoms with E-state index < -0.39 is 24.0 Å². The summed E-state index contributed by atoms with van der Waals surface area (Å²) in [6, 6.07) is 0. The summed E-state index contributed by atoms with van der Waals surface area (Å²) in [6.45, 7) is 1.55. The van der Waals surface area contributed by atoms with Crippen LogP contribution in [0.15, 0.2) is 12.2 Å². The third kappa shape index (κ3) is 2.30. The zero-order valence-electron chi connectivity index (χ0n) is 7.47. The van der Waals surface area contributed by atoms with E-state index in [1.165, 1.54) is 0 Å². The zero-order chi connectivity index (χ0) is 10.8. The number of esters is 2. The van der Waals surface area contributed by atoms with Crippen molar-refractivity contribution in [2.45, 2.75) is 25.4 Å². The van der Waals surface area contributed by atoms with Gasteiger partial charge in [0.25, 0.3) is 0 Å². The lowest BCUT2D eigenvalue weighted by molar-refractivity contribution is -0.357. The van der Waals surface area contributed by atoms with Crippen molar-refractivity contribution in [2.24, 2.45) is 0 Å². The number of cyclic esters (lactones) is 2. The van der Waals surface area contributed by atoms with Crippen LogP contribution in [-0.2, 0) is 19.1 Å². The van der Waals surface area contributed by atoms with E-state index in [0.29, 0.717) is 0 Å². The Bertz CT molecular complexity index is 280. The Morgan fingerprint density at radius 1 is 1.36 bits per heavy atom. The number of aliphatic hydroxyl groups is 2. The van der Waals surface area contributed by atoms with Crippen LogP contribution in [0, 0.1) is 0 Å². The molecule has 1 heterocycles. The van der Waals surface area contributed by atoms with Gasteiger partial charge in [-0.2, -0.15) is 0 Å². The molecule has 2 N–H and O–H groups in total. The molecular formula is C8H10O6. The lowest BCUT2D eigenvalue weighted by Crippen LogP contribution is -2.48. The van der Waals surface area contributed by atoms with E-state index in [1.54, 1.807) is 6.92 Å². The third-order valence-corrected chi connectivity index (χ3v) is 1.65. The molecule has 1 aliphatic rings. The fourth-order valence-corrected chi connectivity index (χ4v) is 0.989. The maximum absolute atomic E-state index is 10.9. The standard InChI is InChI=1S/C8H10O6/c1-2-5-8(11,12)14-7(10)4-3-6(9)13-5/h3-5,11-12H,2H2,1H3/b4-3-. The Hall–Kier alpha value is -1.40. The molecule has 0 amide bonds. The monoisotopic (exact) mass is 202 g/mol. The van der Waals surface area contributed by atoms with Gasteiger partial charge in [0.1, 0.15) is 0 Å². The van der Waals surface area contributed by atoms with Crippen molar-refractivity contribution in [2.75, 3.05) is 0 Å². The predicted octanol–water partition coefficient (Wildman–Crippen LogP) is -0.940. The maximum Gasteiger partial charge on any atom is 0.363 e. The summed E-state index contributed by atoms with van der Waals surface area (Å²) < 4.78 is 8.84. The van der Waals surface area contributed by atoms with E-state index in [2.05, 4.69) is 9.47 Å². The van der Waals surface area contributed by atoms with E-state index in [-0.39, 0.29) is 6.42 Å². The number of hydrogen-bond donors (Lipinski definition) is 2. The van der Waals surface area contributed by atoms with Gasteiger partial charge in [-0.25, -0.2) is 9.59 Å². The average molecular weight is 202 g/mol. The highest BCUT2D eigenvalue weighted by Crippen LogP contribution is 2.18. The topological polar surface area (TPSA) is 93.1 Å². The number of carbonyl (C=O) groups is 2. The van der Waals surface area contributed by atoms with Gasteiger partial charge in [0.05, 0.1) is 0 Å². The lowest BCUT2D eigenvalue weighted by atomic mass is 10.2. The van der Waals surface area contributed by atoms with E-state index in [1.807, 2.05) is 0 Å². The van der Waals surface area contributed by atoms with Crippen molar-refractivity contribution in [1.29, 1.82) is 0 Å². The molecule has 0 aromatic rings. The van der Waals surface area contributed by atoms with E-state index in [9.17, 15) is 19.8 Å². The number of hydrogen-bond acceptors (Lipinski definition) is 6. The molecule has 6 nitrogen and oxygen atoms in total. The summed E-state index contributed by atoms with van der Waals surface area (Å²) in [5, 5.41) is 18.5. The molecule has 0 fully saturated rings. The zero-order valence-corrected chi connectivity index (χ0v) is 7.47. The first-order valence-electron chi connectivity index (χ1n) is 4.02. The van der Waals surface area contributed by atoms with Crippen LogP contribution in [0.1, 0.15) is 13.3 Å². The molecule has 0 aliphatic carbocycles. The minimum absolute atomic E-state index is 0.111. The molecular weight excluding hydrogens is 192 g/mol. The number of rotatable bonds is 1. The van der Waals surface area contributed by atoms with E-state index in [0.717, 1.165) is 12.2 Å². The molecule has 0 aromatic heterocycles. The van der Waals surface area contributed by atoms with Gasteiger partial charge in [-0.15, -0.1) is 0 Å². The highest BCUT2D eigenvalue weighted by atomic mass is 16.8. The van der Waals surface area contributed by atoms with Crippen molar-refractivity contribution >= 4 is 11.9 Å². The SMILES string of the molecule is CCC1OC(=O)/C=C\C(=O)OC1(O)O. The van der Waals surface area contributed by atoms with Crippen LogP contribution < -0.4 is 0 Å². The highest BCUT2D eigenvalue weighted by molar-refractivity contribution is 5.92. The van der Waals surface area contributed by atoms with Crippen LogP contribution in [-0.4, -0.2) is 34.2 Å². The van der Waals surface area contributed by atoms with Crippen molar-refractivity contribution in [1.82, 2.24) is 0 Å². The highest BCUT2D eigenvalue weighted by Gasteiger charge is 2.41. The van der Waals surface area contributed by atoms with Crippen LogP contribution in [0.25, 0.3) is 0 Å². The number of ether oxygens (including phenoxy) is 2. The fraction of sp³-hybridized carbons (Fsp3) is 0.500. The molecule has 6 heteroatoms. The van der Waals surface area contributed by atoms with Crippen LogP contribution in [0.2, 0.25) is 0 Å². The summed E-state index contributed by atoms with van der Waals surface area (Å²) >= 11 is 0. The smallest absolute Gasteiger partial charge is 0.363 e. The molecule has 1 aliphatic heterocycles. The quantitative estimate of drug-likeness (QED) is 0.421. The Morgan fingerprint density at radius 2 is 1.93 bits per heavy atom. The van der Waals surface area contributed by atoms with Crippen LogP contribution in [0.4, 0.5) is 0 Å². The second-order valence-electron chi connectivity index (χ2n) is 2.75. The maximum atomic E-state index is 10.9. The Labute approximate surface area is 79.7 Å². The summed E-state index contributed by atoms with van der Waals surface area (Å²) in [6.07, 6.45) is 0.444. The van der Waals surface area contributed by atoms with Crippen LogP contribution in [0.5, 0.6) is 0 Å². The summed E-state index contributed by atoms with van der Waals surface area (Å²) in [5.74, 6) is -4.60. The largest absolute Gasteiger partial charge is 0.449 e. The molecule has 1 unspecified atom stereocenters. The third-order valence-electron chi connectivity index (χ3n) is 1.65. The normalized spacial score (nSPS) is 28.4. The Morgan fingerprint density at radius 3 is 2.50 bits per heavy atom. The Kier molecular flexibility index (Phi) is 2.87. The van der Waals surface area contributed by atoms with Gasteiger partial charge < -0.3 is 19.7 Å². The van der Waals surface area contributed by atoms with Crippen LogP contribution >= 0.6 is 0 Å². The van der Waals surface area contributed by atoms with Gasteiger partial charge in [0, 0.05) is 12.2 Å². The fourth-order valence-electron chi connectivity index (χ4n) is 0.989. The van der Waals surface area contributed by atoms with E-state index in [4.69, 9.17) is 0 Å². The summed E-state index contributed by atoms with van der Waals surface area (Å²) in [7, 11) is 0. The van der Waals surface area contributed by atoms with E-state index >= 15 is 0 Å². The van der Waals surface area contributed by atoms with Crippen molar-refractivity contribution in [3.05, 3.63) is 12.2 Å². The predicted molar refractivity (Wildman–Crippen MR) is 42.6 cm³/mol. The number of carbonyl (C=O) groups excluding carboxylic acids is 2. The van der Waals surface area contributed by atoms with Crippen LogP contribution in [0.3, 0.4) is 0 Å². The molecule has 0 bridgehead atoms. The first-order chi connectivity index (χ1) is 6.45. The molecule has 0 saturated carbocycles. The first-order valence-corrected chi connectivity index (χ1v) is 4.02. The minimum Gasteiger partial charge on any atom is -0.449 e. The second kappa shape index (κ2) is 3.77. The molecule has 0 aromatic carbocycles. The molecule has 1 atom stereocenters. The minimum atomic E-state index is -2.77. The van der Waals surface area contributed by atoms with Crippen molar-refractivity contribution in [3.63, 3.8) is 0 Å². The van der Waals surface area contributed by atoms with Crippen molar-refractivity contribution in [3.8, 4) is 0 Å².